The minimum absolute atomic E-state index is 0.0705. The normalized spacial score (nSPS) is 14.4. The monoisotopic (exact) mass is 392 g/mol. The molecule has 1 N–H and O–H groups in total. The molecule has 0 rings (SSSR count). The van der Waals surface area contributed by atoms with Crippen molar-refractivity contribution in [3.63, 3.8) is 0 Å². The highest BCUT2D eigenvalue weighted by Gasteiger charge is 2.27. The standard InChI is InChI=1S/C10H19Br3O/c1-2-3-4-5-6-7-8-9(11)10(12,13)14/h9,14H,2-8H2,1H3. The van der Waals surface area contributed by atoms with Crippen LogP contribution < -0.4 is 0 Å². The molecule has 0 aliphatic heterocycles. The van der Waals surface area contributed by atoms with Gasteiger partial charge in [-0.15, -0.1) is 0 Å². The van der Waals surface area contributed by atoms with Crippen molar-refractivity contribution < 1.29 is 5.11 Å². The van der Waals surface area contributed by atoms with E-state index in [0.29, 0.717) is 0 Å². The number of rotatable bonds is 8. The molecule has 1 unspecified atom stereocenters. The van der Waals surface area contributed by atoms with E-state index in [9.17, 15) is 5.11 Å². The summed E-state index contributed by atoms with van der Waals surface area (Å²) >= 11 is 9.76. The molecule has 0 aromatic rings. The summed E-state index contributed by atoms with van der Waals surface area (Å²) in [6, 6.07) is 0. The highest BCUT2D eigenvalue weighted by Crippen LogP contribution is 2.34. The zero-order valence-corrected chi connectivity index (χ0v) is 13.4. The fourth-order valence-corrected chi connectivity index (χ4v) is 2.06. The zero-order valence-electron chi connectivity index (χ0n) is 8.61. The predicted octanol–water partition coefficient (Wildman–Crippen LogP) is 4.94. The number of hydrogen-bond acceptors (Lipinski definition) is 1. The van der Waals surface area contributed by atoms with Gasteiger partial charge in [0.25, 0.3) is 0 Å². The number of aliphatic hydroxyl groups is 1. The van der Waals surface area contributed by atoms with Gasteiger partial charge in [-0.05, 0) is 38.3 Å². The van der Waals surface area contributed by atoms with Gasteiger partial charge in [0.15, 0.2) is 3.42 Å². The van der Waals surface area contributed by atoms with Crippen LogP contribution in [0.4, 0.5) is 0 Å². The van der Waals surface area contributed by atoms with Gasteiger partial charge in [0.2, 0.25) is 0 Å². The van der Waals surface area contributed by atoms with Crippen LogP contribution in [0.5, 0.6) is 0 Å². The molecule has 14 heavy (non-hydrogen) atoms. The lowest BCUT2D eigenvalue weighted by Crippen LogP contribution is -2.23. The van der Waals surface area contributed by atoms with Crippen LogP contribution in [0.1, 0.15) is 51.9 Å². The average molecular weight is 395 g/mol. The Labute approximate surface area is 112 Å². The van der Waals surface area contributed by atoms with E-state index in [1.165, 1.54) is 38.5 Å². The van der Waals surface area contributed by atoms with Crippen LogP contribution in [0.2, 0.25) is 0 Å². The smallest absolute Gasteiger partial charge is 0.187 e. The summed E-state index contributed by atoms with van der Waals surface area (Å²) in [7, 11) is 0. The van der Waals surface area contributed by atoms with Crippen molar-refractivity contribution in [3.8, 4) is 0 Å². The third-order valence-electron chi connectivity index (χ3n) is 2.19. The zero-order chi connectivity index (χ0) is 11.0. The van der Waals surface area contributed by atoms with Crippen molar-refractivity contribution in [3.05, 3.63) is 0 Å². The molecule has 0 radical (unpaired) electrons. The van der Waals surface area contributed by atoms with Crippen molar-refractivity contribution >= 4 is 47.8 Å². The van der Waals surface area contributed by atoms with Gasteiger partial charge >= 0.3 is 0 Å². The van der Waals surface area contributed by atoms with Crippen LogP contribution in [-0.2, 0) is 0 Å². The molecule has 0 aliphatic rings. The van der Waals surface area contributed by atoms with E-state index in [-0.39, 0.29) is 4.83 Å². The summed E-state index contributed by atoms with van der Waals surface area (Å²) in [5.41, 5.74) is 0. The minimum atomic E-state index is -0.955. The SMILES string of the molecule is CCCCCCCCC(Br)C(O)(Br)Br. The van der Waals surface area contributed by atoms with Gasteiger partial charge in [0.1, 0.15) is 0 Å². The van der Waals surface area contributed by atoms with Crippen molar-refractivity contribution in [2.24, 2.45) is 0 Å². The Morgan fingerprint density at radius 3 is 2.07 bits per heavy atom. The third-order valence-corrected chi connectivity index (χ3v) is 5.64. The molecule has 0 amide bonds. The first-order valence-corrected chi connectivity index (χ1v) is 7.73. The lowest BCUT2D eigenvalue weighted by Gasteiger charge is -2.19. The molecule has 86 valence electrons. The number of alkyl halides is 3. The molecule has 0 aromatic carbocycles. The molecule has 0 heterocycles. The lowest BCUT2D eigenvalue weighted by atomic mass is 10.1. The average Bonchev–Trinajstić information content (AvgIpc) is 2.09. The van der Waals surface area contributed by atoms with Crippen LogP contribution >= 0.6 is 47.8 Å². The Balaban J connectivity index is 3.28. The Kier molecular flexibility index (Phi) is 9.39. The molecule has 0 fully saturated rings. The molecule has 1 atom stereocenters. The van der Waals surface area contributed by atoms with Gasteiger partial charge in [-0.25, -0.2) is 0 Å². The number of unbranched alkanes of at least 4 members (excludes halogenated alkanes) is 5. The van der Waals surface area contributed by atoms with Crippen LogP contribution in [0.25, 0.3) is 0 Å². The van der Waals surface area contributed by atoms with Crippen LogP contribution in [0.15, 0.2) is 0 Å². The van der Waals surface area contributed by atoms with Crippen molar-refractivity contribution in [1.82, 2.24) is 0 Å². The fourth-order valence-electron chi connectivity index (χ4n) is 1.28. The highest BCUT2D eigenvalue weighted by atomic mass is 79.9. The van der Waals surface area contributed by atoms with Gasteiger partial charge in [0, 0.05) is 0 Å². The molecule has 0 saturated heterocycles. The Morgan fingerprint density at radius 2 is 1.57 bits per heavy atom. The molecule has 0 aromatic heterocycles. The van der Waals surface area contributed by atoms with E-state index >= 15 is 0 Å². The molecule has 4 heteroatoms. The first-order valence-electron chi connectivity index (χ1n) is 5.22. The largest absolute Gasteiger partial charge is 0.368 e. The topological polar surface area (TPSA) is 20.2 Å². The van der Waals surface area contributed by atoms with E-state index in [0.717, 1.165) is 6.42 Å². The van der Waals surface area contributed by atoms with Gasteiger partial charge in [-0.2, -0.15) is 0 Å². The lowest BCUT2D eigenvalue weighted by molar-refractivity contribution is 0.237. The van der Waals surface area contributed by atoms with Gasteiger partial charge in [-0.3, -0.25) is 0 Å². The summed E-state index contributed by atoms with van der Waals surface area (Å²) in [6.07, 6.45) is 8.71. The second kappa shape index (κ2) is 8.54. The molecule has 1 nitrogen and oxygen atoms in total. The Bertz CT molecular complexity index is 134. The van der Waals surface area contributed by atoms with Crippen LogP contribution in [0.3, 0.4) is 0 Å². The molecule has 0 aliphatic carbocycles. The third kappa shape index (κ3) is 8.69. The van der Waals surface area contributed by atoms with Crippen LogP contribution in [0, 0.1) is 0 Å². The Hall–Kier alpha value is 1.40. The number of halogens is 3. The maximum atomic E-state index is 9.51. The van der Waals surface area contributed by atoms with Gasteiger partial charge in [0.05, 0.1) is 4.83 Å². The highest BCUT2D eigenvalue weighted by molar-refractivity contribution is 9.26. The van der Waals surface area contributed by atoms with Crippen molar-refractivity contribution in [1.29, 1.82) is 0 Å². The molecular formula is C10H19Br3O. The Morgan fingerprint density at radius 1 is 1.07 bits per heavy atom. The second-order valence-corrected chi connectivity index (χ2v) is 8.20. The first kappa shape index (κ1) is 15.4. The van der Waals surface area contributed by atoms with E-state index in [1.54, 1.807) is 0 Å². The van der Waals surface area contributed by atoms with Gasteiger partial charge in [-0.1, -0.05) is 61.4 Å². The molecule has 0 spiro atoms. The molecular weight excluding hydrogens is 376 g/mol. The second-order valence-electron chi connectivity index (χ2n) is 3.61. The summed E-state index contributed by atoms with van der Waals surface area (Å²) in [5.74, 6) is 0. The van der Waals surface area contributed by atoms with E-state index in [2.05, 4.69) is 54.7 Å². The van der Waals surface area contributed by atoms with E-state index < -0.39 is 3.42 Å². The quantitative estimate of drug-likeness (QED) is 0.456. The van der Waals surface area contributed by atoms with E-state index in [1.807, 2.05) is 0 Å². The summed E-state index contributed by atoms with van der Waals surface area (Å²) < 4.78 is -0.955. The van der Waals surface area contributed by atoms with Crippen molar-refractivity contribution in [2.75, 3.05) is 0 Å². The fraction of sp³-hybridized carbons (Fsp3) is 1.00. The first-order chi connectivity index (χ1) is 6.48. The maximum Gasteiger partial charge on any atom is 0.187 e. The molecule has 0 saturated carbocycles. The maximum absolute atomic E-state index is 9.51. The summed E-state index contributed by atoms with van der Waals surface area (Å²) in [4.78, 5) is 0.0705. The summed E-state index contributed by atoms with van der Waals surface area (Å²) in [5, 5.41) is 9.51. The number of hydrogen-bond donors (Lipinski definition) is 1. The molecule has 0 bridgehead atoms. The summed E-state index contributed by atoms with van der Waals surface area (Å²) in [6.45, 7) is 2.23. The van der Waals surface area contributed by atoms with Crippen LogP contribution in [-0.4, -0.2) is 13.4 Å². The predicted molar refractivity (Wildman–Crippen MR) is 73.5 cm³/mol. The van der Waals surface area contributed by atoms with E-state index in [4.69, 9.17) is 0 Å². The van der Waals surface area contributed by atoms with Gasteiger partial charge < -0.3 is 5.11 Å². The van der Waals surface area contributed by atoms with Crippen molar-refractivity contribution in [2.45, 2.75) is 60.1 Å². The minimum Gasteiger partial charge on any atom is -0.368 e.